The molecule has 0 amide bonds. The fourth-order valence-electron chi connectivity index (χ4n) is 4.37. The van der Waals surface area contributed by atoms with Gasteiger partial charge in [0.05, 0.1) is 36.0 Å². The van der Waals surface area contributed by atoms with Crippen LogP contribution >= 0.6 is 11.6 Å². The van der Waals surface area contributed by atoms with E-state index in [2.05, 4.69) is 18.9 Å². The number of pyridine rings is 1. The number of esters is 1. The number of methoxy groups -OCH3 is 2. The van der Waals surface area contributed by atoms with E-state index in [1.165, 1.54) is 13.2 Å². The molecule has 4 rings (SSSR count). The zero-order valence-corrected chi connectivity index (χ0v) is 18.3. The Morgan fingerprint density at radius 2 is 2.00 bits per heavy atom. The van der Waals surface area contributed by atoms with Crippen LogP contribution in [0.15, 0.2) is 29.2 Å². The fraction of sp³-hybridized carbons (Fsp3) is 0.455. The van der Waals surface area contributed by atoms with Crippen molar-refractivity contribution in [1.82, 2.24) is 4.68 Å². The summed E-state index contributed by atoms with van der Waals surface area (Å²) in [6.07, 6.45) is 3.26. The molecule has 30 heavy (non-hydrogen) atoms. The van der Waals surface area contributed by atoms with Gasteiger partial charge < -0.3 is 14.2 Å². The van der Waals surface area contributed by atoms with Crippen LogP contribution in [-0.4, -0.2) is 43.6 Å². The van der Waals surface area contributed by atoms with Crippen LogP contribution in [0.3, 0.4) is 0 Å². The maximum absolute atomic E-state index is 12.6. The molecule has 1 atom stereocenters. The first kappa shape index (κ1) is 20.8. The molecule has 0 unspecified atom stereocenters. The molecule has 0 spiro atoms. The van der Waals surface area contributed by atoms with Crippen molar-refractivity contribution in [2.75, 3.05) is 32.4 Å². The van der Waals surface area contributed by atoms with Crippen LogP contribution in [0.1, 0.15) is 48.7 Å². The van der Waals surface area contributed by atoms with Crippen LogP contribution in [0.2, 0.25) is 5.02 Å². The Bertz CT molecular complexity index is 1060. The topological polar surface area (TPSA) is 70.0 Å². The van der Waals surface area contributed by atoms with Crippen molar-refractivity contribution in [3.05, 3.63) is 50.8 Å². The molecule has 1 saturated heterocycles. The summed E-state index contributed by atoms with van der Waals surface area (Å²) in [7, 11) is 2.93. The van der Waals surface area contributed by atoms with E-state index >= 15 is 0 Å². The third-order valence-electron chi connectivity index (χ3n) is 5.77. The van der Waals surface area contributed by atoms with E-state index in [0.717, 1.165) is 24.0 Å². The van der Waals surface area contributed by atoms with Gasteiger partial charge in [-0.2, -0.15) is 0 Å². The van der Waals surface area contributed by atoms with Gasteiger partial charge in [0.15, 0.2) is 5.43 Å². The minimum absolute atomic E-state index is 0.00958. The number of ether oxygens (including phenoxy) is 3. The van der Waals surface area contributed by atoms with Crippen molar-refractivity contribution in [2.24, 2.45) is 0 Å². The summed E-state index contributed by atoms with van der Waals surface area (Å²) in [5.41, 5.74) is 2.11. The van der Waals surface area contributed by atoms with E-state index in [9.17, 15) is 9.59 Å². The number of aromatic nitrogens is 1. The maximum atomic E-state index is 12.6. The SMILES string of the molecule is COCCCOc1cc2c(cc1Cl)-c1cc(=O)c(C(=O)OC)cn1N1[C@@H]2CC1(C)C. The Labute approximate surface area is 180 Å². The normalized spacial score (nSPS) is 18.0. The van der Waals surface area contributed by atoms with Gasteiger partial charge in [-0.05, 0) is 38.0 Å². The summed E-state index contributed by atoms with van der Waals surface area (Å²) in [6, 6.07) is 5.38. The number of nitrogens with zero attached hydrogens (tertiary/aromatic N) is 2. The number of fused-ring (bicyclic) bond motifs is 6. The van der Waals surface area contributed by atoms with Crippen LogP contribution in [0.25, 0.3) is 11.3 Å². The highest BCUT2D eigenvalue weighted by molar-refractivity contribution is 6.32. The van der Waals surface area contributed by atoms with Crippen molar-refractivity contribution in [1.29, 1.82) is 0 Å². The molecule has 8 heteroatoms. The Morgan fingerprint density at radius 1 is 1.23 bits per heavy atom. The van der Waals surface area contributed by atoms with Gasteiger partial charge in [-0.3, -0.25) is 14.5 Å². The Hall–Kier alpha value is -2.51. The van der Waals surface area contributed by atoms with E-state index in [4.69, 9.17) is 25.8 Å². The minimum Gasteiger partial charge on any atom is -0.492 e. The Kier molecular flexibility index (Phi) is 5.28. The molecule has 2 aromatic rings. The molecular formula is C22H25ClN2O5. The van der Waals surface area contributed by atoms with Crippen molar-refractivity contribution in [2.45, 2.75) is 38.3 Å². The second-order valence-corrected chi connectivity index (χ2v) is 8.62. The molecule has 0 bridgehead atoms. The minimum atomic E-state index is -0.645. The molecule has 2 aliphatic heterocycles. The van der Waals surface area contributed by atoms with Gasteiger partial charge >= 0.3 is 5.97 Å². The van der Waals surface area contributed by atoms with E-state index in [0.29, 0.717) is 29.7 Å². The highest BCUT2D eigenvalue weighted by Crippen LogP contribution is 2.52. The third-order valence-corrected chi connectivity index (χ3v) is 6.06. The molecular weight excluding hydrogens is 408 g/mol. The molecule has 7 nitrogen and oxygen atoms in total. The van der Waals surface area contributed by atoms with E-state index < -0.39 is 5.97 Å². The van der Waals surface area contributed by atoms with Gasteiger partial charge in [-0.1, -0.05) is 11.6 Å². The zero-order valence-electron chi connectivity index (χ0n) is 17.5. The number of halogens is 1. The summed E-state index contributed by atoms with van der Waals surface area (Å²) in [5.74, 6) is -0.0213. The molecule has 3 heterocycles. The van der Waals surface area contributed by atoms with Crippen LogP contribution in [-0.2, 0) is 9.47 Å². The van der Waals surface area contributed by atoms with Crippen LogP contribution in [0.5, 0.6) is 5.75 Å². The number of hydrogen-bond donors (Lipinski definition) is 0. The lowest BCUT2D eigenvalue weighted by Crippen LogP contribution is -2.65. The predicted octanol–water partition coefficient (Wildman–Crippen LogP) is 3.55. The monoisotopic (exact) mass is 432 g/mol. The van der Waals surface area contributed by atoms with Crippen LogP contribution < -0.4 is 15.2 Å². The van der Waals surface area contributed by atoms with Gasteiger partial charge in [0.2, 0.25) is 0 Å². The van der Waals surface area contributed by atoms with Crippen molar-refractivity contribution in [3.8, 4) is 17.0 Å². The van der Waals surface area contributed by atoms with E-state index in [1.54, 1.807) is 13.3 Å². The van der Waals surface area contributed by atoms with Gasteiger partial charge in [0.25, 0.3) is 0 Å². The van der Waals surface area contributed by atoms with Crippen molar-refractivity contribution >= 4 is 17.6 Å². The molecule has 2 aliphatic rings. The van der Waals surface area contributed by atoms with E-state index in [1.807, 2.05) is 16.8 Å². The van der Waals surface area contributed by atoms with Gasteiger partial charge in [-0.25, -0.2) is 4.79 Å². The van der Waals surface area contributed by atoms with Gasteiger partial charge in [0, 0.05) is 38.0 Å². The second-order valence-electron chi connectivity index (χ2n) is 8.21. The maximum Gasteiger partial charge on any atom is 0.343 e. The molecule has 0 N–H and O–H groups in total. The first-order valence-electron chi connectivity index (χ1n) is 9.88. The number of rotatable bonds is 6. The molecule has 1 aromatic heterocycles. The van der Waals surface area contributed by atoms with Gasteiger partial charge in [-0.15, -0.1) is 0 Å². The van der Waals surface area contributed by atoms with Crippen LogP contribution in [0.4, 0.5) is 0 Å². The van der Waals surface area contributed by atoms with Crippen LogP contribution in [0, 0.1) is 0 Å². The molecule has 0 aliphatic carbocycles. The lowest BCUT2D eigenvalue weighted by Gasteiger charge is -2.60. The molecule has 1 fully saturated rings. The largest absolute Gasteiger partial charge is 0.492 e. The van der Waals surface area contributed by atoms with E-state index in [-0.39, 0.29) is 22.6 Å². The summed E-state index contributed by atoms with van der Waals surface area (Å²) < 4.78 is 17.6. The molecule has 160 valence electrons. The Balaban J connectivity index is 1.82. The first-order chi connectivity index (χ1) is 14.3. The quantitative estimate of drug-likeness (QED) is 0.513. The standard InChI is InChI=1S/C22H25ClN2O5/c1-22(2)11-18-14-9-20(30-7-5-6-28-3)16(23)8-13(14)17-10-19(26)15(21(27)29-4)12-24(17)25(18)22/h8-10,12,18H,5-7,11H2,1-4H3/t18-/m1/s1. The smallest absolute Gasteiger partial charge is 0.343 e. The zero-order chi connectivity index (χ0) is 21.6. The van der Waals surface area contributed by atoms with Crippen molar-refractivity contribution in [3.63, 3.8) is 0 Å². The summed E-state index contributed by atoms with van der Waals surface area (Å²) in [5, 5.41) is 2.66. The summed E-state index contributed by atoms with van der Waals surface area (Å²) in [4.78, 5) is 24.7. The second kappa shape index (κ2) is 7.63. The molecule has 1 aromatic carbocycles. The number of hydrogen-bond acceptors (Lipinski definition) is 6. The lowest BCUT2D eigenvalue weighted by molar-refractivity contribution is 0.0597. The average Bonchev–Trinajstić information content (AvgIpc) is 2.70. The fourth-order valence-corrected chi connectivity index (χ4v) is 4.59. The summed E-state index contributed by atoms with van der Waals surface area (Å²) >= 11 is 6.51. The molecule has 0 saturated carbocycles. The summed E-state index contributed by atoms with van der Waals surface area (Å²) in [6.45, 7) is 5.38. The lowest BCUT2D eigenvalue weighted by atomic mass is 9.76. The first-order valence-corrected chi connectivity index (χ1v) is 10.3. The predicted molar refractivity (Wildman–Crippen MR) is 114 cm³/mol. The number of carbonyl (C=O) groups excluding carboxylic acids is 1. The molecule has 0 radical (unpaired) electrons. The highest BCUT2D eigenvalue weighted by Gasteiger charge is 2.50. The average molecular weight is 433 g/mol. The Morgan fingerprint density at radius 3 is 2.67 bits per heavy atom. The number of benzene rings is 1. The highest BCUT2D eigenvalue weighted by atomic mass is 35.5. The van der Waals surface area contributed by atoms with Gasteiger partial charge in [0.1, 0.15) is 11.3 Å². The third kappa shape index (κ3) is 3.26. The van der Waals surface area contributed by atoms with Crippen molar-refractivity contribution < 1.29 is 19.0 Å². The number of carbonyl (C=O) groups is 1.